The van der Waals surface area contributed by atoms with Gasteiger partial charge in [0.05, 0.1) is 4.91 Å². The minimum Gasteiger partial charge on any atom is -0.456 e. The lowest BCUT2D eigenvalue weighted by Crippen LogP contribution is -2.17. The van der Waals surface area contributed by atoms with Gasteiger partial charge in [-0.05, 0) is 17.8 Å². The van der Waals surface area contributed by atoms with Gasteiger partial charge in [-0.25, -0.2) is 9.97 Å². The molecular formula is C15H8N4O3S. The van der Waals surface area contributed by atoms with Gasteiger partial charge in [0.25, 0.3) is 11.1 Å². The maximum absolute atomic E-state index is 11.6. The zero-order chi connectivity index (χ0) is 15.8. The number of nitrogens with zero attached hydrogens (tertiary/aromatic N) is 3. The molecule has 0 atom stereocenters. The maximum Gasteiger partial charge on any atom is 0.290 e. The Balaban J connectivity index is 1.82. The van der Waals surface area contributed by atoms with Crippen LogP contribution < -0.4 is 5.32 Å². The van der Waals surface area contributed by atoms with Crippen molar-refractivity contribution in [1.29, 1.82) is 0 Å². The Labute approximate surface area is 133 Å². The van der Waals surface area contributed by atoms with Crippen LogP contribution in [-0.4, -0.2) is 26.1 Å². The highest BCUT2D eigenvalue weighted by molar-refractivity contribution is 8.18. The van der Waals surface area contributed by atoms with E-state index < -0.39 is 5.91 Å². The first-order valence-electron chi connectivity index (χ1n) is 6.58. The van der Waals surface area contributed by atoms with Gasteiger partial charge in [0.1, 0.15) is 17.7 Å². The van der Waals surface area contributed by atoms with Crippen LogP contribution in [0.25, 0.3) is 28.2 Å². The number of hydrogen-bond acceptors (Lipinski definition) is 7. The molecule has 0 bridgehead atoms. The molecule has 1 saturated heterocycles. The molecule has 3 aromatic heterocycles. The second kappa shape index (κ2) is 5.33. The Morgan fingerprint density at radius 2 is 1.91 bits per heavy atom. The van der Waals surface area contributed by atoms with Crippen molar-refractivity contribution in [2.45, 2.75) is 0 Å². The summed E-state index contributed by atoms with van der Waals surface area (Å²) in [6, 6.07) is 1.76. The van der Waals surface area contributed by atoms with Gasteiger partial charge in [-0.1, -0.05) is 0 Å². The SMILES string of the molecule is O=C1NC(=O)/C(=C/c2cc3cncc(-c4cncnc4)c3o2)S1. The third-order valence-corrected chi connectivity index (χ3v) is 4.04. The number of fused-ring (bicyclic) bond motifs is 1. The van der Waals surface area contributed by atoms with Gasteiger partial charge in [-0.3, -0.25) is 19.9 Å². The molecule has 1 fully saturated rings. The molecule has 3 aromatic rings. The molecule has 1 N–H and O–H groups in total. The van der Waals surface area contributed by atoms with Gasteiger partial charge < -0.3 is 4.42 Å². The molecule has 112 valence electrons. The van der Waals surface area contributed by atoms with Crippen molar-refractivity contribution >= 4 is 40.0 Å². The third kappa shape index (κ3) is 2.49. The number of pyridine rings is 1. The smallest absolute Gasteiger partial charge is 0.290 e. The van der Waals surface area contributed by atoms with Crippen LogP contribution in [0, 0.1) is 0 Å². The first-order valence-corrected chi connectivity index (χ1v) is 7.40. The number of aromatic nitrogens is 3. The van der Waals surface area contributed by atoms with E-state index >= 15 is 0 Å². The Bertz CT molecular complexity index is 965. The van der Waals surface area contributed by atoms with Gasteiger partial charge in [0.15, 0.2) is 0 Å². The van der Waals surface area contributed by atoms with Gasteiger partial charge in [-0.2, -0.15) is 0 Å². The van der Waals surface area contributed by atoms with Crippen molar-refractivity contribution in [3.63, 3.8) is 0 Å². The van der Waals surface area contributed by atoms with E-state index in [-0.39, 0.29) is 5.24 Å². The predicted molar refractivity (Wildman–Crippen MR) is 84.1 cm³/mol. The normalized spacial score (nSPS) is 16.3. The minimum atomic E-state index is -0.421. The van der Waals surface area contributed by atoms with Crippen LogP contribution in [0.5, 0.6) is 0 Å². The number of furan rings is 1. The molecule has 4 rings (SSSR count). The largest absolute Gasteiger partial charge is 0.456 e. The number of carbonyl (C=O) groups excluding carboxylic acids is 2. The summed E-state index contributed by atoms with van der Waals surface area (Å²) in [7, 11) is 0. The highest BCUT2D eigenvalue weighted by Crippen LogP contribution is 2.32. The molecule has 0 saturated carbocycles. The van der Waals surface area contributed by atoms with Gasteiger partial charge in [0.2, 0.25) is 0 Å². The summed E-state index contributed by atoms with van der Waals surface area (Å²) in [6.45, 7) is 0. The van der Waals surface area contributed by atoms with E-state index in [0.29, 0.717) is 16.2 Å². The van der Waals surface area contributed by atoms with E-state index in [1.807, 2.05) is 0 Å². The number of carbonyl (C=O) groups is 2. The zero-order valence-corrected chi connectivity index (χ0v) is 12.3. The number of rotatable bonds is 2. The van der Waals surface area contributed by atoms with Gasteiger partial charge >= 0.3 is 0 Å². The Hall–Kier alpha value is -3.00. The third-order valence-electron chi connectivity index (χ3n) is 3.23. The van der Waals surface area contributed by atoms with Crippen LogP contribution >= 0.6 is 11.8 Å². The number of amides is 2. The Morgan fingerprint density at radius 3 is 2.65 bits per heavy atom. The predicted octanol–water partition coefficient (Wildman–Crippen LogP) is 2.61. The topological polar surface area (TPSA) is 98.0 Å². The Kier molecular flexibility index (Phi) is 3.16. The number of imide groups is 1. The van der Waals surface area contributed by atoms with Crippen LogP contribution in [0.3, 0.4) is 0 Å². The molecule has 7 nitrogen and oxygen atoms in total. The summed E-state index contributed by atoms with van der Waals surface area (Å²) < 4.78 is 5.82. The Morgan fingerprint density at radius 1 is 1.09 bits per heavy atom. The highest BCUT2D eigenvalue weighted by Gasteiger charge is 2.25. The minimum absolute atomic E-state index is 0.298. The van der Waals surface area contributed by atoms with Crippen molar-refractivity contribution in [2.75, 3.05) is 0 Å². The van der Waals surface area contributed by atoms with E-state index in [9.17, 15) is 9.59 Å². The first kappa shape index (κ1) is 13.6. The lowest BCUT2D eigenvalue weighted by Gasteiger charge is -1.99. The monoisotopic (exact) mass is 324 g/mol. The van der Waals surface area contributed by atoms with E-state index in [4.69, 9.17) is 4.42 Å². The summed E-state index contributed by atoms with van der Waals surface area (Å²) in [6.07, 6.45) is 9.66. The molecule has 8 heteroatoms. The number of thioether (sulfide) groups is 1. The second-order valence-corrected chi connectivity index (χ2v) is 5.75. The lowest BCUT2D eigenvalue weighted by molar-refractivity contribution is -0.115. The lowest BCUT2D eigenvalue weighted by atomic mass is 10.1. The fraction of sp³-hybridized carbons (Fsp3) is 0. The molecule has 1 aliphatic rings. The molecule has 0 aliphatic carbocycles. The molecule has 0 radical (unpaired) electrons. The van der Waals surface area contributed by atoms with Crippen molar-refractivity contribution < 1.29 is 14.0 Å². The summed E-state index contributed by atoms with van der Waals surface area (Å²) >= 11 is 0.845. The van der Waals surface area contributed by atoms with Crippen molar-refractivity contribution in [2.24, 2.45) is 0 Å². The average Bonchev–Trinajstić information content (AvgIpc) is 3.10. The first-order chi connectivity index (χ1) is 11.2. The fourth-order valence-corrected chi connectivity index (χ4v) is 2.91. The summed E-state index contributed by atoms with van der Waals surface area (Å²) in [5.41, 5.74) is 2.16. The average molecular weight is 324 g/mol. The van der Waals surface area contributed by atoms with Crippen LogP contribution in [0.15, 0.2) is 46.5 Å². The van der Waals surface area contributed by atoms with E-state index in [2.05, 4.69) is 20.3 Å². The van der Waals surface area contributed by atoms with E-state index in [1.165, 1.54) is 12.4 Å². The van der Waals surface area contributed by atoms with Crippen LogP contribution in [-0.2, 0) is 4.79 Å². The summed E-state index contributed by atoms with van der Waals surface area (Å²) in [5, 5.41) is 2.60. The summed E-state index contributed by atoms with van der Waals surface area (Å²) in [4.78, 5) is 35.3. The molecule has 0 unspecified atom stereocenters. The van der Waals surface area contributed by atoms with E-state index in [0.717, 1.165) is 28.3 Å². The molecule has 2 amide bonds. The van der Waals surface area contributed by atoms with Crippen molar-refractivity contribution in [3.8, 4) is 11.1 Å². The van der Waals surface area contributed by atoms with E-state index in [1.54, 1.807) is 30.9 Å². The van der Waals surface area contributed by atoms with Gasteiger partial charge in [-0.15, -0.1) is 0 Å². The second-order valence-electron chi connectivity index (χ2n) is 4.73. The van der Waals surface area contributed by atoms with Crippen LogP contribution in [0.1, 0.15) is 5.76 Å². The zero-order valence-electron chi connectivity index (χ0n) is 11.5. The van der Waals surface area contributed by atoms with Crippen molar-refractivity contribution in [3.05, 3.63) is 47.8 Å². The van der Waals surface area contributed by atoms with Crippen LogP contribution in [0.4, 0.5) is 4.79 Å². The molecule has 0 spiro atoms. The number of nitrogens with one attached hydrogen (secondary N) is 1. The molecule has 0 aromatic carbocycles. The molecule has 1 aliphatic heterocycles. The number of hydrogen-bond donors (Lipinski definition) is 1. The molecule has 4 heterocycles. The standard InChI is InChI=1S/C15H8N4O3S/c20-14-12(23-15(21)19-14)2-10-1-8-3-16-6-11(13(8)22-10)9-4-17-7-18-5-9/h1-7H,(H,19,20,21)/b12-2-. The fourth-order valence-electron chi connectivity index (χ4n) is 2.25. The van der Waals surface area contributed by atoms with Gasteiger partial charge in [0, 0.05) is 47.4 Å². The maximum atomic E-state index is 11.6. The quantitative estimate of drug-likeness (QED) is 0.723. The molecule has 23 heavy (non-hydrogen) atoms. The highest BCUT2D eigenvalue weighted by atomic mass is 32.2. The molecular weight excluding hydrogens is 316 g/mol. The van der Waals surface area contributed by atoms with Crippen LogP contribution in [0.2, 0.25) is 0 Å². The summed E-state index contributed by atoms with van der Waals surface area (Å²) in [5.74, 6) is 0.0497. The van der Waals surface area contributed by atoms with Crippen molar-refractivity contribution in [1.82, 2.24) is 20.3 Å².